The number of ether oxygens (including phenoxy) is 1. The number of nitrogens with zero attached hydrogens (tertiary/aromatic N) is 1. The molecule has 166 valence electrons. The van der Waals surface area contributed by atoms with Crippen molar-refractivity contribution < 1.29 is 9.53 Å². The van der Waals surface area contributed by atoms with Gasteiger partial charge in [0.2, 0.25) is 5.91 Å². The number of nitrogens with one attached hydrogen (secondary N) is 3. The van der Waals surface area contributed by atoms with Crippen LogP contribution in [0.4, 0.5) is 5.69 Å². The van der Waals surface area contributed by atoms with Crippen molar-refractivity contribution in [2.45, 2.75) is 77.4 Å². The molecule has 1 amide bonds. The minimum atomic E-state index is 0.146. The molecule has 0 bridgehead atoms. The van der Waals surface area contributed by atoms with Gasteiger partial charge in [-0.2, -0.15) is 0 Å². The minimum absolute atomic E-state index is 0.146. The van der Waals surface area contributed by atoms with Crippen LogP contribution in [0.5, 0.6) is 0 Å². The minimum Gasteiger partial charge on any atom is -0.378 e. The van der Waals surface area contributed by atoms with E-state index in [0.29, 0.717) is 12.6 Å². The third-order valence-corrected chi connectivity index (χ3v) is 5.95. The SMILES string of the molecule is CCNC(=NCc1cccc(NC(=O)C2CCC2)c1)NCCCOC1CCCCC1. The predicted molar refractivity (Wildman–Crippen MR) is 123 cm³/mol. The maximum atomic E-state index is 12.2. The summed E-state index contributed by atoms with van der Waals surface area (Å²) in [5.41, 5.74) is 1.94. The number of rotatable bonds is 10. The first-order valence-corrected chi connectivity index (χ1v) is 11.8. The Morgan fingerprint density at radius 1 is 1.10 bits per heavy atom. The Kier molecular flexibility index (Phi) is 9.48. The van der Waals surface area contributed by atoms with Crippen LogP contribution >= 0.6 is 0 Å². The molecule has 2 aliphatic carbocycles. The van der Waals surface area contributed by atoms with Gasteiger partial charge in [-0.25, -0.2) is 4.99 Å². The average Bonchev–Trinajstić information content (AvgIpc) is 2.71. The first-order chi connectivity index (χ1) is 14.7. The number of anilines is 1. The molecule has 6 heteroatoms. The number of aliphatic imine (C=N–C) groups is 1. The van der Waals surface area contributed by atoms with E-state index in [1.54, 1.807) is 0 Å². The molecule has 2 aliphatic rings. The standard InChI is InChI=1S/C24H38N4O2/c1-2-25-24(26-15-8-16-30-22-13-4-3-5-14-22)27-18-19-9-6-12-21(17-19)28-23(29)20-10-7-11-20/h6,9,12,17,20,22H,2-5,7-8,10-11,13-16,18H2,1H3,(H,28,29)(H2,25,26,27). The fraction of sp³-hybridized carbons (Fsp3) is 0.667. The zero-order valence-corrected chi connectivity index (χ0v) is 18.4. The Balaban J connectivity index is 1.40. The van der Waals surface area contributed by atoms with Crippen molar-refractivity contribution in [2.75, 3.05) is 25.0 Å². The largest absolute Gasteiger partial charge is 0.378 e. The molecule has 3 N–H and O–H groups in total. The molecule has 1 aromatic carbocycles. The third kappa shape index (κ3) is 7.63. The van der Waals surface area contributed by atoms with E-state index in [4.69, 9.17) is 9.73 Å². The Morgan fingerprint density at radius 2 is 1.93 bits per heavy atom. The molecule has 0 aliphatic heterocycles. The highest BCUT2D eigenvalue weighted by atomic mass is 16.5. The molecule has 6 nitrogen and oxygen atoms in total. The molecule has 2 saturated carbocycles. The van der Waals surface area contributed by atoms with E-state index in [-0.39, 0.29) is 11.8 Å². The van der Waals surface area contributed by atoms with Gasteiger partial charge < -0.3 is 20.7 Å². The van der Waals surface area contributed by atoms with E-state index in [9.17, 15) is 4.79 Å². The lowest BCUT2D eigenvalue weighted by Crippen LogP contribution is -2.38. The fourth-order valence-corrected chi connectivity index (χ4v) is 3.94. The number of hydrogen-bond donors (Lipinski definition) is 3. The lowest BCUT2D eigenvalue weighted by atomic mass is 9.85. The summed E-state index contributed by atoms with van der Waals surface area (Å²) in [4.78, 5) is 16.9. The van der Waals surface area contributed by atoms with E-state index in [1.165, 1.54) is 38.5 Å². The molecule has 30 heavy (non-hydrogen) atoms. The first kappa shape index (κ1) is 22.6. The lowest BCUT2D eigenvalue weighted by molar-refractivity contribution is -0.122. The smallest absolute Gasteiger partial charge is 0.227 e. The van der Waals surface area contributed by atoms with Gasteiger partial charge in [-0.1, -0.05) is 37.8 Å². The zero-order valence-electron chi connectivity index (χ0n) is 18.4. The van der Waals surface area contributed by atoms with Crippen molar-refractivity contribution in [1.29, 1.82) is 0 Å². The summed E-state index contributed by atoms with van der Waals surface area (Å²) in [7, 11) is 0. The van der Waals surface area contributed by atoms with Crippen LogP contribution in [0.2, 0.25) is 0 Å². The van der Waals surface area contributed by atoms with Crippen molar-refractivity contribution >= 4 is 17.6 Å². The van der Waals surface area contributed by atoms with Crippen molar-refractivity contribution in [3.05, 3.63) is 29.8 Å². The van der Waals surface area contributed by atoms with Crippen LogP contribution in [0.3, 0.4) is 0 Å². The molecule has 2 fully saturated rings. The van der Waals surface area contributed by atoms with Gasteiger partial charge in [0.25, 0.3) is 0 Å². The van der Waals surface area contributed by atoms with E-state index in [1.807, 2.05) is 24.3 Å². The number of amides is 1. The number of hydrogen-bond acceptors (Lipinski definition) is 3. The summed E-state index contributed by atoms with van der Waals surface area (Å²) in [6.07, 6.45) is 11.1. The molecule has 0 unspecified atom stereocenters. The van der Waals surface area contributed by atoms with Gasteiger partial charge in [0, 0.05) is 31.3 Å². The molecule has 0 spiro atoms. The number of benzene rings is 1. The summed E-state index contributed by atoms with van der Waals surface area (Å²) in [5.74, 6) is 1.16. The van der Waals surface area contributed by atoms with E-state index in [0.717, 1.165) is 56.2 Å². The van der Waals surface area contributed by atoms with Gasteiger partial charge in [-0.05, 0) is 56.7 Å². The third-order valence-electron chi connectivity index (χ3n) is 5.95. The maximum absolute atomic E-state index is 12.2. The van der Waals surface area contributed by atoms with E-state index in [2.05, 4.69) is 22.9 Å². The van der Waals surface area contributed by atoms with Gasteiger partial charge in [0.1, 0.15) is 0 Å². The van der Waals surface area contributed by atoms with Crippen molar-refractivity contribution in [2.24, 2.45) is 10.9 Å². The van der Waals surface area contributed by atoms with Crippen LogP contribution in [0, 0.1) is 5.92 Å². The van der Waals surface area contributed by atoms with Gasteiger partial charge in [-0.3, -0.25) is 4.79 Å². The topological polar surface area (TPSA) is 74.8 Å². The number of carbonyl (C=O) groups excluding carboxylic acids is 1. The lowest BCUT2D eigenvalue weighted by Gasteiger charge is -2.24. The second-order valence-electron chi connectivity index (χ2n) is 8.42. The summed E-state index contributed by atoms with van der Waals surface area (Å²) in [6, 6.07) is 7.98. The molecule has 0 radical (unpaired) electrons. The highest BCUT2D eigenvalue weighted by Gasteiger charge is 2.25. The quantitative estimate of drug-likeness (QED) is 0.304. The molecule has 0 heterocycles. The highest BCUT2D eigenvalue weighted by Crippen LogP contribution is 2.27. The summed E-state index contributed by atoms with van der Waals surface area (Å²) in [5, 5.41) is 9.73. The van der Waals surface area contributed by atoms with Crippen molar-refractivity contribution in [3.63, 3.8) is 0 Å². The molecule has 0 atom stereocenters. The Hall–Kier alpha value is -2.08. The van der Waals surface area contributed by atoms with E-state index >= 15 is 0 Å². The summed E-state index contributed by atoms with van der Waals surface area (Å²) < 4.78 is 5.99. The van der Waals surface area contributed by atoms with Gasteiger partial charge in [-0.15, -0.1) is 0 Å². The Labute approximate surface area is 181 Å². The Morgan fingerprint density at radius 3 is 2.67 bits per heavy atom. The molecule has 1 aromatic rings. The second kappa shape index (κ2) is 12.6. The van der Waals surface area contributed by atoms with Crippen LogP contribution in [0.15, 0.2) is 29.3 Å². The fourth-order valence-electron chi connectivity index (χ4n) is 3.94. The normalized spacial score (nSPS) is 18.0. The van der Waals surface area contributed by atoms with E-state index < -0.39 is 0 Å². The summed E-state index contributed by atoms with van der Waals surface area (Å²) >= 11 is 0. The van der Waals surface area contributed by atoms with Crippen LogP contribution in [-0.2, 0) is 16.1 Å². The average molecular weight is 415 g/mol. The highest BCUT2D eigenvalue weighted by molar-refractivity contribution is 5.93. The number of carbonyl (C=O) groups is 1. The first-order valence-electron chi connectivity index (χ1n) is 11.8. The maximum Gasteiger partial charge on any atom is 0.227 e. The molecule has 0 saturated heterocycles. The number of guanidine groups is 1. The van der Waals surface area contributed by atoms with Crippen LogP contribution in [0.1, 0.15) is 70.3 Å². The molecular weight excluding hydrogens is 376 g/mol. The van der Waals surface area contributed by atoms with Gasteiger partial charge >= 0.3 is 0 Å². The predicted octanol–water partition coefficient (Wildman–Crippen LogP) is 4.22. The monoisotopic (exact) mass is 414 g/mol. The molecule has 0 aromatic heterocycles. The van der Waals surface area contributed by atoms with Crippen LogP contribution < -0.4 is 16.0 Å². The van der Waals surface area contributed by atoms with Gasteiger partial charge in [0.15, 0.2) is 5.96 Å². The second-order valence-corrected chi connectivity index (χ2v) is 8.42. The van der Waals surface area contributed by atoms with Crippen LogP contribution in [-0.4, -0.2) is 37.7 Å². The molecule has 3 rings (SSSR count). The molecular formula is C24H38N4O2. The zero-order chi connectivity index (χ0) is 21.0. The van der Waals surface area contributed by atoms with Gasteiger partial charge in [0.05, 0.1) is 12.6 Å². The van der Waals surface area contributed by atoms with Crippen LogP contribution in [0.25, 0.3) is 0 Å². The van der Waals surface area contributed by atoms with Crippen molar-refractivity contribution in [1.82, 2.24) is 10.6 Å². The summed E-state index contributed by atoms with van der Waals surface area (Å²) in [6.45, 7) is 5.11. The van der Waals surface area contributed by atoms with Crippen molar-refractivity contribution in [3.8, 4) is 0 Å². The Bertz CT molecular complexity index is 682.